The maximum atomic E-state index is 14.1. The van der Waals surface area contributed by atoms with E-state index in [4.69, 9.17) is 0 Å². The minimum atomic E-state index is -3.11. The molecule has 3 aromatic carbocycles. The summed E-state index contributed by atoms with van der Waals surface area (Å²) in [6.07, 6.45) is 1.36. The summed E-state index contributed by atoms with van der Waals surface area (Å²) in [7, 11) is 0. The van der Waals surface area contributed by atoms with Crippen LogP contribution in [0.3, 0.4) is 0 Å². The van der Waals surface area contributed by atoms with Crippen LogP contribution in [0.25, 0.3) is 11.1 Å². The largest absolute Gasteiger partial charge is 0.432 e. The van der Waals surface area contributed by atoms with Gasteiger partial charge < -0.3 is 4.74 Å². The van der Waals surface area contributed by atoms with Gasteiger partial charge >= 0.3 is 6.61 Å². The van der Waals surface area contributed by atoms with Crippen molar-refractivity contribution < 1.29 is 26.7 Å². The predicted molar refractivity (Wildman–Crippen MR) is 105 cm³/mol. The van der Waals surface area contributed by atoms with E-state index in [1.54, 1.807) is 24.3 Å². The zero-order valence-corrected chi connectivity index (χ0v) is 16.0. The number of hydrogen-bond acceptors (Lipinski definition) is 1. The van der Waals surface area contributed by atoms with Crippen LogP contribution in [0.4, 0.5) is 22.0 Å². The number of benzene rings is 3. The fourth-order valence-corrected chi connectivity index (χ4v) is 2.93. The van der Waals surface area contributed by atoms with Crippen LogP contribution in [0, 0.1) is 29.3 Å². The minimum Gasteiger partial charge on any atom is -0.432 e. The molecule has 0 bridgehead atoms. The zero-order chi connectivity index (χ0) is 21.7. The second kappa shape index (κ2) is 9.45. The van der Waals surface area contributed by atoms with Crippen LogP contribution in [0.15, 0.2) is 54.6 Å². The van der Waals surface area contributed by atoms with Gasteiger partial charge in [0.25, 0.3) is 0 Å². The average Bonchev–Trinajstić information content (AvgIpc) is 2.69. The molecule has 0 aliphatic heterocycles. The Morgan fingerprint density at radius 1 is 0.800 bits per heavy atom. The normalized spacial score (nSPS) is 10.6. The quantitative estimate of drug-likeness (QED) is 0.331. The van der Waals surface area contributed by atoms with Crippen molar-refractivity contribution >= 4 is 0 Å². The van der Waals surface area contributed by atoms with Crippen molar-refractivity contribution in [3.05, 3.63) is 88.7 Å². The lowest BCUT2D eigenvalue weighted by Crippen LogP contribution is -2.03. The fourth-order valence-electron chi connectivity index (χ4n) is 2.93. The number of ether oxygens (including phenoxy) is 1. The smallest absolute Gasteiger partial charge is 0.387 e. The first-order chi connectivity index (χ1) is 14.4. The van der Waals surface area contributed by atoms with Crippen LogP contribution in [0.2, 0.25) is 0 Å². The maximum Gasteiger partial charge on any atom is 0.387 e. The SMILES string of the molecule is CCCc1cc(F)c(C#Cc2ccc(-c3ccc(OC(F)F)c(F)c3)cc2)c(F)c1. The molecular formula is C24H17F5O. The molecule has 1 nitrogen and oxygen atoms in total. The molecule has 0 aromatic heterocycles. The van der Waals surface area contributed by atoms with Gasteiger partial charge in [-0.05, 0) is 59.5 Å². The zero-order valence-electron chi connectivity index (χ0n) is 16.0. The van der Waals surface area contributed by atoms with Gasteiger partial charge in [-0.3, -0.25) is 0 Å². The molecule has 0 aliphatic carbocycles. The van der Waals surface area contributed by atoms with E-state index < -0.39 is 29.8 Å². The third-order valence-electron chi connectivity index (χ3n) is 4.34. The van der Waals surface area contributed by atoms with Crippen molar-refractivity contribution in [1.29, 1.82) is 0 Å². The van der Waals surface area contributed by atoms with Crippen molar-refractivity contribution in [2.45, 2.75) is 26.4 Å². The van der Waals surface area contributed by atoms with Gasteiger partial charge in [-0.1, -0.05) is 43.4 Å². The van der Waals surface area contributed by atoms with Crippen LogP contribution in [0.5, 0.6) is 5.75 Å². The molecule has 0 amide bonds. The van der Waals surface area contributed by atoms with Gasteiger partial charge in [-0.25, -0.2) is 13.2 Å². The van der Waals surface area contributed by atoms with Crippen molar-refractivity contribution in [3.63, 3.8) is 0 Å². The van der Waals surface area contributed by atoms with Gasteiger partial charge in [-0.2, -0.15) is 8.78 Å². The van der Waals surface area contributed by atoms with Crippen molar-refractivity contribution in [2.24, 2.45) is 0 Å². The average molecular weight is 416 g/mol. The summed E-state index contributed by atoms with van der Waals surface area (Å²) in [4.78, 5) is 0. The van der Waals surface area contributed by atoms with Gasteiger partial charge in [-0.15, -0.1) is 0 Å². The van der Waals surface area contributed by atoms with Crippen LogP contribution < -0.4 is 4.74 Å². The van der Waals surface area contributed by atoms with E-state index in [2.05, 4.69) is 16.6 Å². The summed E-state index contributed by atoms with van der Waals surface area (Å²) >= 11 is 0. The third kappa shape index (κ3) is 5.18. The standard InChI is InChI=1S/C24H17F5O/c1-2-3-16-12-20(25)19(21(26)13-16)10-6-15-4-7-17(8-5-15)18-9-11-23(22(27)14-18)30-24(28)29/h4-5,7-9,11-14,24H,2-3H2,1H3. The molecule has 0 aliphatic rings. The van der Waals surface area contributed by atoms with Crippen molar-refractivity contribution in [3.8, 4) is 28.7 Å². The van der Waals surface area contributed by atoms with Gasteiger partial charge in [0.15, 0.2) is 11.6 Å². The number of aryl methyl sites for hydroxylation is 1. The monoisotopic (exact) mass is 416 g/mol. The molecule has 3 aromatic rings. The Labute approximate surface area is 171 Å². The third-order valence-corrected chi connectivity index (χ3v) is 4.34. The van der Waals surface area contributed by atoms with E-state index in [9.17, 15) is 22.0 Å². The summed E-state index contributed by atoms with van der Waals surface area (Å²) in [6.45, 7) is -1.19. The summed E-state index contributed by atoms with van der Waals surface area (Å²) < 4.78 is 70.7. The molecule has 0 saturated carbocycles. The first kappa shape index (κ1) is 21.4. The first-order valence-electron chi connectivity index (χ1n) is 9.22. The van der Waals surface area contributed by atoms with Crippen LogP contribution in [-0.2, 0) is 6.42 Å². The van der Waals surface area contributed by atoms with E-state index >= 15 is 0 Å². The molecule has 30 heavy (non-hydrogen) atoms. The molecule has 0 N–H and O–H groups in total. The Morgan fingerprint density at radius 3 is 2.00 bits per heavy atom. The molecule has 0 fully saturated rings. The van der Waals surface area contributed by atoms with Crippen molar-refractivity contribution in [1.82, 2.24) is 0 Å². The molecular weight excluding hydrogens is 399 g/mol. The molecule has 6 heteroatoms. The molecule has 0 atom stereocenters. The molecule has 0 radical (unpaired) electrons. The van der Waals surface area contributed by atoms with E-state index in [1.807, 2.05) is 6.92 Å². The van der Waals surface area contributed by atoms with E-state index in [0.29, 0.717) is 28.7 Å². The van der Waals surface area contributed by atoms with Crippen LogP contribution in [0.1, 0.15) is 30.0 Å². The van der Waals surface area contributed by atoms with Gasteiger partial charge in [0.1, 0.15) is 11.6 Å². The van der Waals surface area contributed by atoms with Gasteiger partial charge in [0.05, 0.1) is 5.56 Å². The summed E-state index contributed by atoms with van der Waals surface area (Å²) in [5, 5.41) is 0. The van der Waals surface area contributed by atoms with Crippen LogP contribution >= 0.6 is 0 Å². The fraction of sp³-hybridized carbons (Fsp3) is 0.167. The molecule has 0 heterocycles. The van der Waals surface area contributed by atoms with Crippen molar-refractivity contribution in [2.75, 3.05) is 0 Å². The lowest BCUT2D eigenvalue weighted by atomic mass is 10.0. The van der Waals surface area contributed by atoms with E-state index in [0.717, 1.165) is 18.6 Å². The maximum absolute atomic E-state index is 14.1. The Morgan fingerprint density at radius 2 is 1.43 bits per heavy atom. The topological polar surface area (TPSA) is 9.23 Å². The highest BCUT2D eigenvalue weighted by Gasteiger charge is 2.11. The minimum absolute atomic E-state index is 0.296. The van der Waals surface area contributed by atoms with E-state index in [1.165, 1.54) is 18.2 Å². The highest BCUT2D eigenvalue weighted by Crippen LogP contribution is 2.27. The highest BCUT2D eigenvalue weighted by molar-refractivity contribution is 5.65. The van der Waals surface area contributed by atoms with Gasteiger partial charge in [0.2, 0.25) is 0 Å². The molecule has 3 rings (SSSR count). The summed E-state index contributed by atoms with van der Waals surface area (Å²) in [6, 6.07) is 12.7. The summed E-state index contributed by atoms with van der Waals surface area (Å²) in [5.74, 6) is 2.37. The summed E-state index contributed by atoms with van der Waals surface area (Å²) in [5.41, 5.74) is 1.87. The Kier molecular flexibility index (Phi) is 6.73. The second-order valence-corrected chi connectivity index (χ2v) is 6.54. The van der Waals surface area contributed by atoms with Crippen LogP contribution in [-0.4, -0.2) is 6.61 Å². The number of rotatable bonds is 5. The predicted octanol–water partition coefficient (Wildman–Crippen LogP) is 6.72. The Hall–Kier alpha value is -3.33. The lowest BCUT2D eigenvalue weighted by Gasteiger charge is -2.08. The highest BCUT2D eigenvalue weighted by atomic mass is 19.3. The molecule has 0 unspecified atom stereocenters. The Balaban J connectivity index is 1.80. The number of alkyl halides is 2. The molecule has 0 saturated heterocycles. The Bertz CT molecular complexity index is 1070. The first-order valence-corrected chi connectivity index (χ1v) is 9.22. The second-order valence-electron chi connectivity index (χ2n) is 6.54. The lowest BCUT2D eigenvalue weighted by molar-refractivity contribution is -0.0521. The number of halogens is 5. The molecule has 154 valence electrons. The number of hydrogen-bond donors (Lipinski definition) is 0. The van der Waals surface area contributed by atoms with E-state index in [-0.39, 0.29) is 5.56 Å². The van der Waals surface area contributed by atoms with Gasteiger partial charge in [0, 0.05) is 5.56 Å². The molecule has 0 spiro atoms.